The number of aromatic nitrogens is 2. The molecule has 0 aliphatic rings. The first-order chi connectivity index (χ1) is 7.13. The largest absolute Gasteiger partial charge is 0.330 e. The summed E-state index contributed by atoms with van der Waals surface area (Å²) in [6.45, 7) is 4.70. The smallest absolute Gasteiger partial charge is 0.138 e. The standard InChI is InChI=1S/C11H19N3O/c1-9(2)14-7-5-10(13-14)8-11(15)4-3-6-12/h5,7,9H,3-4,6,8,12H2,1-2H3. The Bertz CT molecular complexity index is 317. The molecule has 0 bridgehead atoms. The van der Waals surface area contributed by atoms with Crippen LogP contribution in [0.4, 0.5) is 0 Å². The molecule has 2 N–H and O–H groups in total. The molecule has 0 fully saturated rings. The second-order valence-corrected chi connectivity index (χ2v) is 3.99. The Morgan fingerprint density at radius 1 is 1.60 bits per heavy atom. The summed E-state index contributed by atoms with van der Waals surface area (Å²) in [6.07, 6.45) is 3.67. The van der Waals surface area contributed by atoms with Gasteiger partial charge in [-0.2, -0.15) is 5.10 Å². The van der Waals surface area contributed by atoms with Gasteiger partial charge in [0.05, 0.1) is 12.1 Å². The summed E-state index contributed by atoms with van der Waals surface area (Å²) >= 11 is 0. The maximum atomic E-state index is 11.4. The second-order valence-electron chi connectivity index (χ2n) is 3.99. The third-order valence-electron chi connectivity index (χ3n) is 2.23. The van der Waals surface area contributed by atoms with Crippen molar-refractivity contribution in [2.75, 3.05) is 6.54 Å². The van der Waals surface area contributed by atoms with Crippen LogP contribution in [0.3, 0.4) is 0 Å². The van der Waals surface area contributed by atoms with Gasteiger partial charge in [-0.3, -0.25) is 9.48 Å². The van der Waals surface area contributed by atoms with E-state index in [9.17, 15) is 4.79 Å². The molecule has 1 aromatic rings. The molecular formula is C11H19N3O. The Hall–Kier alpha value is -1.16. The van der Waals surface area contributed by atoms with Gasteiger partial charge in [-0.1, -0.05) is 0 Å². The lowest BCUT2D eigenvalue weighted by atomic mass is 10.1. The van der Waals surface area contributed by atoms with E-state index >= 15 is 0 Å². The number of rotatable bonds is 6. The fourth-order valence-electron chi connectivity index (χ4n) is 1.35. The summed E-state index contributed by atoms with van der Waals surface area (Å²) in [4.78, 5) is 11.4. The van der Waals surface area contributed by atoms with Crippen LogP contribution in [0.25, 0.3) is 0 Å². The topological polar surface area (TPSA) is 60.9 Å². The van der Waals surface area contributed by atoms with Gasteiger partial charge < -0.3 is 5.73 Å². The SMILES string of the molecule is CC(C)n1ccc(CC(=O)CCCN)n1. The lowest BCUT2D eigenvalue weighted by molar-refractivity contribution is -0.118. The monoisotopic (exact) mass is 209 g/mol. The first kappa shape index (κ1) is 11.9. The van der Waals surface area contributed by atoms with Crippen LogP contribution in [-0.4, -0.2) is 22.1 Å². The molecule has 15 heavy (non-hydrogen) atoms. The van der Waals surface area contributed by atoms with Crippen molar-refractivity contribution < 1.29 is 4.79 Å². The van der Waals surface area contributed by atoms with Crippen molar-refractivity contribution in [1.82, 2.24) is 9.78 Å². The van der Waals surface area contributed by atoms with Crippen LogP contribution in [0.15, 0.2) is 12.3 Å². The van der Waals surface area contributed by atoms with Gasteiger partial charge in [0.25, 0.3) is 0 Å². The van der Waals surface area contributed by atoms with Crippen molar-refractivity contribution >= 4 is 5.78 Å². The fourth-order valence-corrected chi connectivity index (χ4v) is 1.35. The Kier molecular flexibility index (Phi) is 4.49. The highest BCUT2D eigenvalue weighted by molar-refractivity contribution is 5.80. The summed E-state index contributed by atoms with van der Waals surface area (Å²) in [5.74, 6) is 0.217. The molecule has 0 radical (unpaired) electrons. The number of ketones is 1. The van der Waals surface area contributed by atoms with E-state index in [1.54, 1.807) is 0 Å². The molecule has 0 amide bonds. The predicted molar refractivity (Wildman–Crippen MR) is 59.6 cm³/mol. The van der Waals surface area contributed by atoms with Crippen molar-refractivity contribution in [3.8, 4) is 0 Å². The molecule has 84 valence electrons. The van der Waals surface area contributed by atoms with Gasteiger partial charge in [0.2, 0.25) is 0 Å². The van der Waals surface area contributed by atoms with E-state index < -0.39 is 0 Å². The van der Waals surface area contributed by atoms with Crippen LogP contribution in [-0.2, 0) is 11.2 Å². The molecular weight excluding hydrogens is 190 g/mol. The number of Topliss-reactive ketones (excluding diaryl/α,β-unsaturated/α-hetero) is 1. The zero-order valence-corrected chi connectivity index (χ0v) is 9.44. The zero-order valence-electron chi connectivity index (χ0n) is 9.44. The summed E-state index contributed by atoms with van der Waals surface area (Å²) in [6, 6.07) is 2.25. The summed E-state index contributed by atoms with van der Waals surface area (Å²) in [5, 5.41) is 4.32. The molecule has 1 heterocycles. The lowest BCUT2D eigenvalue weighted by Gasteiger charge is -2.03. The van der Waals surface area contributed by atoms with E-state index in [2.05, 4.69) is 18.9 Å². The molecule has 0 unspecified atom stereocenters. The Morgan fingerprint density at radius 3 is 2.87 bits per heavy atom. The van der Waals surface area contributed by atoms with Crippen molar-refractivity contribution in [2.45, 2.75) is 39.2 Å². The van der Waals surface area contributed by atoms with Crippen LogP contribution in [0.5, 0.6) is 0 Å². The molecule has 0 aliphatic carbocycles. The highest BCUT2D eigenvalue weighted by Gasteiger charge is 2.07. The average Bonchev–Trinajstić information content (AvgIpc) is 2.63. The van der Waals surface area contributed by atoms with Crippen LogP contribution in [0.1, 0.15) is 38.4 Å². The lowest BCUT2D eigenvalue weighted by Crippen LogP contribution is -2.08. The van der Waals surface area contributed by atoms with E-state index in [1.807, 2.05) is 16.9 Å². The van der Waals surface area contributed by atoms with E-state index in [4.69, 9.17) is 5.73 Å². The normalized spacial score (nSPS) is 10.9. The number of carbonyl (C=O) groups is 1. The van der Waals surface area contributed by atoms with Gasteiger partial charge in [-0.25, -0.2) is 0 Å². The first-order valence-corrected chi connectivity index (χ1v) is 5.39. The van der Waals surface area contributed by atoms with Gasteiger partial charge in [-0.05, 0) is 32.9 Å². The predicted octanol–water partition coefficient (Wildman–Crippen LogP) is 1.31. The summed E-state index contributed by atoms with van der Waals surface area (Å²) in [7, 11) is 0. The minimum absolute atomic E-state index is 0.217. The third kappa shape index (κ3) is 3.83. The quantitative estimate of drug-likeness (QED) is 0.768. The number of carbonyl (C=O) groups excluding carboxylic acids is 1. The maximum Gasteiger partial charge on any atom is 0.138 e. The summed E-state index contributed by atoms with van der Waals surface area (Å²) in [5.41, 5.74) is 6.19. The van der Waals surface area contributed by atoms with Gasteiger partial charge in [0, 0.05) is 18.7 Å². The van der Waals surface area contributed by atoms with Crippen molar-refractivity contribution in [3.63, 3.8) is 0 Å². The molecule has 0 atom stereocenters. The number of nitrogens with two attached hydrogens (primary N) is 1. The van der Waals surface area contributed by atoms with Gasteiger partial charge >= 0.3 is 0 Å². The Balaban J connectivity index is 2.46. The molecule has 4 nitrogen and oxygen atoms in total. The van der Waals surface area contributed by atoms with E-state index in [1.165, 1.54) is 0 Å². The van der Waals surface area contributed by atoms with E-state index in [-0.39, 0.29) is 5.78 Å². The second kappa shape index (κ2) is 5.66. The van der Waals surface area contributed by atoms with Crippen LogP contribution >= 0.6 is 0 Å². The van der Waals surface area contributed by atoms with Crippen molar-refractivity contribution in [2.24, 2.45) is 5.73 Å². The minimum Gasteiger partial charge on any atom is -0.330 e. The Labute approximate surface area is 90.5 Å². The van der Waals surface area contributed by atoms with E-state index in [0.717, 1.165) is 12.1 Å². The van der Waals surface area contributed by atoms with Crippen molar-refractivity contribution in [1.29, 1.82) is 0 Å². The Morgan fingerprint density at radius 2 is 2.33 bits per heavy atom. The third-order valence-corrected chi connectivity index (χ3v) is 2.23. The molecule has 0 saturated carbocycles. The van der Waals surface area contributed by atoms with Crippen molar-refractivity contribution in [3.05, 3.63) is 18.0 Å². The van der Waals surface area contributed by atoms with E-state index in [0.29, 0.717) is 25.4 Å². The average molecular weight is 209 g/mol. The van der Waals surface area contributed by atoms with Gasteiger partial charge in [0.15, 0.2) is 0 Å². The highest BCUT2D eigenvalue weighted by Crippen LogP contribution is 2.06. The molecule has 0 aromatic carbocycles. The number of hydrogen-bond acceptors (Lipinski definition) is 3. The van der Waals surface area contributed by atoms with Gasteiger partial charge in [-0.15, -0.1) is 0 Å². The molecule has 1 rings (SSSR count). The number of nitrogens with zero attached hydrogens (tertiary/aromatic N) is 2. The highest BCUT2D eigenvalue weighted by atomic mass is 16.1. The number of hydrogen-bond donors (Lipinski definition) is 1. The van der Waals surface area contributed by atoms with Crippen LogP contribution in [0.2, 0.25) is 0 Å². The van der Waals surface area contributed by atoms with Crippen LogP contribution < -0.4 is 5.73 Å². The molecule has 0 saturated heterocycles. The van der Waals surface area contributed by atoms with Gasteiger partial charge in [0.1, 0.15) is 5.78 Å². The minimum atomic E-state index is 0.217. The zero-order chi connectivity index (χ0) is 11.3. The molecule has 0 spiro atoms. The van der Waals surface area contributed by atoms with Crippen LogP contribution in [0, 0.1) is 0 Å². The molecule has 0 aliphatic heterocycles. The summed E-state index contributed by atoms with van der Waals surface area (Å²) < 4.78 is 1.87. The fraction of sp³-hybridized carbons (Fsp3) is 0.636. The molecule has 4 heteroatoms. The maximum absolute atomic E-state index is 11.4. The molecule has 1 aromatic heterocycles. The first-order valence-electron chi connectivity index (χ1n) is 5.39.